The highest BCUT2D eigenvalue weighted by atomic mass is 15.2. The first-order valence-electron chi connectivity index (χ1n) is 7.57. The number of nitrogens with one attached hydrogen (secondary N) is 1. The predicted molar refractivity (Wildman–Crippen MR) is 73.4 cm³/mol. The lowest BCUT2D eigenvalue weighted by Gasteiger charge is -2.23. The van der Waals surface area contributed by atoms with Crippen LogP contribution in [0.2, 0.25) is 0 Å². The lowest BCUT2D eigenvalue weighted by atomic mass is 10.2. The monoisotopic (exact) mass is 239 g/mol. The summed E-state index contributed by atoms with van der Waals surface area (Å²) < 4.78 is 0. The Kier molecular flexibility index (Phi) is 5.75. The predicted octanol–water partition coefficient (Wildman–Crippen LogP) is 1.55. The summed E-state index contributed by atoms with van der Waals surface area (Å²) in [6.07, 6.45) is 6.95. The summed E-state index contributed by atoms with van der Waals surface area (Å²) in [5, 5.41) is 3.65. The van der Waals surface area contributed by atoms with Crippen LogP contribution in [0.4, 0.5) is 0 Å². The van der Waals surface area contributed by atoms with Crippen LogP contribution in [0.25, 0.3) is 0 Å². The first kappa shape index (κ1) is 13.3. The molecular weight excluding hydrogens is 210 g/mol. The van der Waals surface area contributed by atoms with E-state index in [4.69, 9.17) is 0 Å². The first-order chi connectivity index (χ1) is 8.40. The fraction of sp³-hybridized carbons (Fsp3) is 1.00. The van der Waals surface area contributed by atoms with Gasteiger partial charge in [0.05, 0.1) is 0 Å². The molecule has 2 saturated heterocycles. The van der Waals surface area contributed by atoms with Crippen molar-refractivity contribution in [2.75, 3.05) is 45.8 Å². The van der Waals surface area contributed by atoms with Gasteiger partial charge >= 0.3 is 0 Å². The zero-order valence-electron chi connectivity index (χ0n) is 11.5. The minimum Gasteiger partial charge on any atom is -0.315 e. The molecule has 0 aromatic carbocycles. The van der Waals surface area contributed by atoms with Crippen molar-refractivity contribution < 1.29 is 0 Å². The van der Waals surface area contributed by atoms with Crippen LogP contribution in [0.5, 0.6) is 0 Å². The molecule has 0 spiro atoms. The van der Waals surface area contributed by atoms with Gasteiger partial charge in [0.15, 0.2) is 0 Å². The van der Waals surface area contributed by atoms with Gasteiger partial charge in [0.2, 0.25) is 0 Å². The van der Waals surface area contributed by atoms with Gasteiger partial charge in [0.25, 0.3) is 0 Å². The molecule has 0 radical (unpaired) electrons. The van der Waals surface area contributed by atoms with Crippen molar-refractivity contribution in [3.63, 3.8) is 0 Å². The van der Waals surface area contributed by atoms with Crippen LogP contribution in [0.15, 0.2) is 0 Å². The summed E-state index contributed by atoms with van der Waals surface area (Å²) in [6, 6.07) is 0.812. The van der Waals surface area contributed by atoms with Crippen LogP contribution in [-0.4, -0.2) is 61.7 Å². The number of rotatable bonds is 7. The second kappa shape index (κ2) is 7.34. The van der Waals surface area contributed by atoms with Gasteiger partial charge in [-0.2, -0.15) is 0 Å². The molecule has 2 rings (SSSR count). The molecule has 0 saturated carbocycles. The van der Waals surface area contributed by atoms with Crippen molar-refractivity contribution in [3.8, 4) is 0 Å². The Bertz CT molecular complexity index is 202. The Hall–Kier alpha value is -0.120. The average molecular weight is 239 g/mol. The van der Waals surface area contributed by atoms with E-state index in [1.807, 2.05) is 0 Å². The molecule has 2 fully saturated rings. The molecule has 0 aromatic heterocycles. The molecule has 1 atom stereocenters. The highest BCUT2D eigenvalue weighted by molar-refractivity contribution is 4.80. The van der Waals surface area contributed by atoms with Crippen LogP contribution < -0.4 is 5.32 Å². The van der Waals surface area contributed by atoms with Gasteiger partial charge in [-0.3, -0.25) is 4.90 Å². The van der Waals surface area contributed by atoms with E-state index in [0.717, 1.165) is 6.04 Å². The third kappa shape index (κ3) is 4.23. The first-order valence-corrected chi connectivity index (χ1v) is 7.57. The summed E-state index contributed by atoms with van der Waals surface area (Å²) in [6.45, 7) is 11.2. The fourth-order valence-corrected chi connectivity index (χ4v) is 3.25. The number of hydrogen-bond donors (Lipinski definition) is 1. The van der Waals surface area contributed by atoms with Crippen LogP contribution in [0, 0.1) is 0 Å². The van der Waals surface area contributed by atoms with Crippen molar-refractivity contribution in [1.82, 2.24) is 15.1 Å². The summed E-state index contributed by atoms with van der Waals surface area (Å²) >= 11 is 0. The smallest absolute Gasteiger partial charge is 0.0220 e. The largest absolute Gasteiger partial charge is 0.315 e. The van der Waals surface area contributed by atoms with Crippen molar-refractivity contribution >= 4 is 0 Å². The van der Waals surface area contributed by atoms with Crippen molar-refractivity contribution in [2.24, 2.45) is 0 Å². The van der Waals surface area contributed by atoms with Gasteiger partial charge in [0.1, 0.15) is 0 Å². The maximum absolute atomic E-state index is 3.65. The Labute approximate surface area is 107 Å². The zero-order valence-corrected chi connectivity index (χ0v) is 11.5. The molecule has 0 bridgehead atoms. The van der Waals surface area contributed by atoms with Gasteiger partial charge < -0.3 is 10.2 Å². The maximum Gasteiger partial charge on any atom is 0.0220 e. The van der Waals surface area contributed by atoms with Gasteiger partial charge in [-0.25, -0.2) is 0 Å². The topological polar surface area (TPSA) is 18.5 Å². The average Bonchev–Trinajstić information content (AvgIpc) is 2.98. The molecule has 2 aliphatic heterocycles. The molecule has 1 unspecified atom stereocenters. The van der Waals surface area contributed by atoms with E-state index in [-0.39, 0.29) is 0 Å². The molecule has 100 valence electrons. The Balaban J connectivity index is 1.48. The minimum atomic E-state index is 0.812. The molecule has 2 aliphatic rings. The van der Waals surface area contributed by atoms with Gasteiger partial charge in [-0.1, -0.05) is 6.92 Å². The molecule has 3 heteroatoms. The number of likely N-dealkylation sites (tertiary alicyclic amines) is 2. The zero-order chi connectivity index (χ0) is 11.9. The van der Waals surface area contributed by atoms with Crippen LogP contribution >= 0.6 is 0 Å². The second-order valence-corrected chi connectivity index (χ2v) is 5.53. The SMILES string of the molecule is CCN1CCCC1CNCCCN1CCCC1. The molecular formula is C14H29N3. The van der Waals surface area contributed by atoms with Gasteiger partial charge in [0, 0.05) is 12.6 Å². The highest BCUT2D eigenvalue weighted by Gasteiger charge is 2.21. The summed E-state index contributed by atoms with van der Waals surface area (Å²) in [7, 11) is 0. The van der Waals surface area contributed by atoms with Crippen molar-refractivity contribution in [2.45, 2.75) is 45.1 Å². The molecule has 3 nitrogen and oxygen atoms in total. The molecule has 2 heterocycles. The van der Waals surface area contributed by atoms with E-state index in [1.165, 1.54) is 77.9 Å². The molecule has 0 amide bonds. The third-order valence-electron chi connectivity index (χ3n) is 4.31. The fourth-order valence-electron chi connectivity index (χ4n) is 3.25. The lowest BCUT2D eigenvalue weighted by Crippen LogP contribution is -2.38. The second-order valence-electron chi connectivity index (χ2n) is 5.53. The summed E-state index contributed by atoms with van der Waals surface area (Å²) in [5.41, 5.74) is 0. The molecule has 17 heavy (non-hydrogen) atoms. The van der Waals surface area contributed by atoms with E-state index in [1.54, 1.807) is 0 Å². The quantitative estimate of drug-likeness (QED) is 0.680. The molecule has 0 aromatic rings. The number of hydrogen-bond acceptors (Lipinski definition) is 3. The normalized spacial score (nSPS) is 27.0. The van der Waals surface area contributed by atoms with Crippen LogP contribution in [0.1, 0.15) is 39.0 Å². The summed E-state index contributed by atoms with van der Waals surface area (Å²) in [5.74, 6) is 0. The lowest BCUT2D eigenvalue weighted by molar-refractivity contribution is 0.258. The Morgan fingerprint density at radius 2 is 1.94 bits per heavy atom. The van der Waals surface area contributed by atoms with Crippen LogP contribution in [0.3, 0.4) is 0 Å². The van der Waals surface area contributed by atoms with E-state index < -0.39 is 0 Å². The van der Waals surface area contributed by atoms with E-state index in [0.29, 0.717) is 0 Å². The van der Waals surface area contributed by atoms with Crippen molar-refractivity contribution in [1.29, 1.82) is 0 Å². The third-order valence-corrected chi connectivity index (χ3v) is 4.31. The minimum absolute atomic E-state index is 0.812. The van der Waals surface area contributed by atoms with E-state index >= 15 is 0 Å². The van der Waals surface area contributed by atoms with Gasteiger partial charge in [-0.15, -0.1) is 0 Å². The summed E-state index contributed by atoms with van der Waals surface area (Å²) in [4.78, 5) is 5.23. The van der Waals surface area contributed by atoms with E-state index in [2.05, 4.69) is 22.0 Å². The standard InChI is InChI=1S/C14H29N3/c1-2-17-12-5-7-14(17)13-15-8-6-11-16-9-3-4-10-16/h14-15H,2-13H2,1H3. The number of likely N-dealkylation sites (N-methyl/N-ethyl adjacent to an activating group) is 1. The van der Waals surface area contributed by atoms with Crippen molar-refractivity contribution in [3.05, 3.63) is 0 Å². The Morgan fingerprint density at radius 1 is 1.12 bits per heavy atom. The van der Waals surface area contributed by atoms with Gasteiger partial charge in [-0.05, 0) is 71.4 Å². The molecule has 1 N–H and O–H groups in total. The highest BCUT2D eigenvalue weighted by Crippen LogP contribution is 2.15. The Morgan fingerprint density at radius 3 is 2.71 bits per heavy atom. The van der Waals surface area contributed by atoms with Crippen LogP contribution in [-0.2, 0) is 0 Å². The molecule has 0 aliphatic carbocycles. The van der Waals surface area contributed by atoms with E-state index in [9.17, 15) is 0 Å². The number of nitrogens with zero attached hydrogens (tertiary/aromatic N) is 2. The maximum atomic E-state index is 3.65.